The largest absolute Gasteiger partial charge is 0.412 e. The summed E-state index contributed by atoms with van der Waals surface area (Å²) in [5.74, 6) is 0. The molecular formula is C5H12N2O7. The van der Waals surface area contributed by atoms with Gasteiger partial charge in [0.25, 0.3) is 10.2 Å². The van der Waals surface area contributed by atoms with Gasteiger partial charge in [-0.3, -0.25) is 0 Å². The van der Waals surface area contributed by atoms with Gasteiger partial charge >= 0.3 is 0 Å². The fourth-order valence-electron chi connectivity index (χ4n) is 0.847. The van der Waals surface area contributed by atoms with Crippen molar-refractivity contribution in [2.75, 3.05) is 0 Å². The summed E-state index contributed by atoms with van der Waals surface area (Å²) in [6, 6.07) is 0. The molecule has 0 spiro atoms. The second-order valence-corrected chi connectivity index (χ2v) is 2.51. The Bertz CT molecular complexity index is 177. The first kappa shape index (κ1) is 14.9. The Balaban J connectivity index is 0. The van der Waals surface area contributed by atoms with Crippen molar-refractivity contribution < 1.29 is 25.3 Å². The van der Waals surface area contributed by atoms with Gasteiger partial charge in [-0.25, -0.2) is 0 Å². The zero-order chi connectivity index (χ0) is 10.4. The standard InChI is InChI=1S/C5H10N2O6.H2O/c1-4(12-6(8)9)3-5(2)13-7(10)11;/h4-5H,3H2,1-2H3;1H2/t4-,5-;/m1./s1. The molecule has 0 radical (unpaired) electrons. The maximum absolute atomic E-state index is 9.82. The molecule has 0 aromatic carbocycles. The van der Waals surface area contributed by atoms with Gasteiger partial charge < -0.3 is 15.2 Å². The van der Waals surface area contributed by atoms with Gasteiger partial charge in [0.1, 0.15) is 12.2 Å². The summed E-state index contributed by atoms with van der Waals surface area (Å²) in [7, 11) is 0. The third-order valence-electron chi connectivity index (χ3n) is 1.20. The lowest BCUT2D eigenvalue weighted by Crippen LogP contribution is -2.22. The van der Waals surface area contributed by atoms with Crippen molar-refractivity contribution in [2.24, 2.45) is 0 Å². The van der Waals surface area contributed by atoms with Crippen LogP contribution < -0.4 is 0 Å². The van der Waals surface area contributed by atoms with Crippen molar-refractivity contribution in [1.82, 2.24) is 0 Å². The van der Waals surface area contributed by atoms with Crippen molar-refractivity contribution >= 4 is 0 Å². The highest BCUT2D eigenvalue weighted by Crippen LogP contribution is 2.05. The SMILES string of the molecule is C[C@H](C[C@@H](C)O[N+](=O)[O-])O[N+](=O)[O-].O. The second kappa shape index (κ2) is 6.83. The quantitative estimate of drug-likeness (QED) is 0.439. The molecule has 84 valence electrons. The smallest absolute Gasteiger partial charge is 0.294 e. The molecule has 0 aromatic heterocycles. The average Bonchev–Trinajstić information content (AvgIpc) is 1.80. The normalized spacial score (nSPS) is 13.3. The molecule has 0 fully saturated rings. The predicted molar refractivity (Wildman–Crippen MR) is 43.3 cm³/mol. The minimum Gasteiger partial charge on any atom is -0.412 e. The Morgan fingerprint density at radius 2 is 1.36 bits per heavy atom. The van der Waals surface area contributed by atoms with Gasteiger partial charge in [-0.05, 0) is 20.3 Å². The Hall–Kier alpha value is -1.64. The van der Waals surface area contributed by atoms with Crippen molar-refractivity contribution in [2.45, 2.75) is 32.5 Å². The van der Waals surface area contributed by atoms with Crippen LogP contribution in [0.3, 0.4) is 0 Å². The third kappa shape index (κ3) is 8.46. The number of hydrogen-bond donors (Lipinski definition) is 0. The number of hydrogen-bond acceptors (Lipinski definition) is 6. The molecule has 9 heteroatoms. The molecule has 14 heavy (non-hydrogen) atoms. The van der Waals surface area contributed by atoms with E-state index in [1.54, 1.807) is 0 Å². The van der Waals surface area contributed by atoms with Gasteiger partial charge in [-0.1, -0.05) is 0 Å². The van der Waals surface area contributed by atoms with Gasteiger partial charge in [0.15, 0.2) is 0 Å². The van der Waals surface area contributed by atoms with E-state index in [0.29, 0.717) is 0 Å². The lowest BCUT2D eigenvalue weighted by Gasteiger charge is -2.13. The van der Waals surface area contributed by atoms with Gasteiger partial charge in [0.2, 0.25) is 0 Å². The molecule has 0 amide bonds. The first-order valence-electron chi connectivity index (χ1n) is 3.54. The second-order valence-electron chi connectivity index (χ2n) is 2.51. The highest BCUT2D eigenvalue weighted by atomic mass is 17.0. The predicted octanol–water partition coefficient (Wildman–Crippen LogP) is -0.255. The van der Waals surface area contributed by atoms with Gasteiger partial charge in [-0.2, -0.15) is 0 Å². The van der Waals surface area contributed by atoms with E-state index in [-0.39, 0.29) is 11.9 Å². The van der Waals surface area contributed by atoms with Crippen LogP contribution in [0.5, 0.6) is 0 Å². The van der Waals surface area contributed by atoms with Gasteiger partial charge in [0.05, 0.1) is 0 Å². The van der Waals surface area contributed by atoms with Crippen molar-refractivity contribution in [3.63, 3.8) is 0 Å². The third-order valence-corrected chi connectivity index (χ3v) is 1.20. The summed E-state index contributed by atoms with van der Waals surface area (Å²) < 4.78 is 0. The monoisotopic (exact) mass is 212 g/mol. The van der Waals surface area contributed by atoms with E-state index in [1.807, 2.05) is 0 Å². The molecule has 2 N–H and O–H groups in total. The Morgan fingerprint density at radius 3 is 1.57 bits per heavy atom. The molecule has 0 aromatic rings. The van der Waals surface area contributed by atoms with E-state index < -0.39 is 22.4 Å². The van der Waals surface area contributed by atoms with Crippen LogP contribution in [-0.4, -0.2) is 27.9 Å². The Morgan fingerprint density at radius 1 is 1.07 bits per heavy atom. The molecule has 9 nitrogen and oxygen atoms in total. The molecule has 2 atom stereocenters. The van der Waals surface area contributed by atoms with Crippen LogP contribution in [0.25, 0.3) is 0 Å². The van der Waals surface area contributed by atoms with E-state index in [4.69, 9.17) is 0 Å². The first-order chi connectivity index (χ1) is 5.91. The molecule has 0 heterocycles. The van der Waals surface area contributed by atoms with E-state index >= 15 is 0 Å². The first-order valence-corrected chi connectivity index (χ1v) is 3.54. The topological polar surface area (TPSA) is 136 Å². The fourth-order valence-corrected chi connectivity index (χ4v) is 0.847. The van der Waals surface area contributed by atoms with E-state index in [9.17, 15) is 20.2 Å². The molecular weight excluding hydrogens is 200 g/mol. The highest BCUT2D eigenvalue weighted by molar-refractivity contribution is 4.54. The molecule has 0 rings (SSSR count). The minimum absolute atomic E-state index is 0. The molecule has 0 bridgehead atoms. The van der Waals surface area contributed by atoms with Crippen LogP contribution in [0.2, 0.25) is 0 Å². The lowest BCUT2D eigenvalue weighted by atomic mass is 10.2. The van der Waals surface area contributed by atoms with E-state index in [1.165, 1.54) is 13.8 Å². The molecule has 0 unspecified atom stereocenters. The maximum Gasteiger partial charge on any atom is 0.294 e. The highest BCUT2D eigenvalue weighted by Gasteiger charge is 2.14. The van der Waals surface area contributed by atoms with Crippen LogP contribution >= 0.6 is 0 Å². The van der Waals surface area contributed by atoms with Crippen LogP contribution in [0.4, 0.5) is 0 Å². The van der Waals surface area contributed by atoms with Crippen LogP contribution in [0, 0.1) is 20.2 Å². The maximum atomic E-state index is 9.82. The molecule has 0 saturated carbocycles. The van der Waals surface area contributed by atoms with Crippen LogP contribution in [-0.2, 0) is 9.68 Å². The zero-order valence-electron chi connectivity index (χ0n) is 7.71. The summed E-state index contributed by atoms with van der Waals surface area (Å²) in [6.07, 6.45) is -1.35. The van der Waals surface area contributed by atoms with E-state index in [0.717, 1.165) is 0 Å². The van der Waals surface area contributed by atoms with Crippen molar-refractivity contribution in [3.05, 3.63) is 20.2 Å². The molecule has 0 saturated heterocycles. The summed E-state index contributed by atoms with van der Waals surface area (Å²) in [5, 5.41) is 17.8. The molecule has 0 aliphatic rings. The van der Waals surface area contributed by atoms with E-state index in [2.05, 4.69) is 9.68 Å². The Kier molecular flexibility index (Phi) is 7.25. The minimum atomic E-state index is -0.941. The van der Waals surface area contributed by atoms with Crippen LogP contribution in [0.15, 0.2) is 0 Å². The Labute approximate surface area is 79.1 Å². The number of rotatable bonds is 6. The van der Waals surface area contributed by atoms with Gasteiger partial charge in [0, 0.05) is 0 Å². The molecule has 0 aliphatic heterocycles. The molecule has 0 aliphatic carbocycles. The van der Waals surface area contributed by atoms with Crippen molar-refractivity contribution in [3.8, 4) is 0 Å². The van der Waals surface area contributed by atoms with Crippen LogP contribution in [0.1, 0.15) is 20.3 Å². The van der Waals surface area contributed by atoms with Gasteiger partial charge in [-0.15, -0.1) is 20.2 Å². The summed E-state index contributed by atoms with van der Waals surface area (Å²) >= 11 is 0. The summed E-state index contributed by atoms with van der Waals surface area (Å²) in [6.45, 7) is 2.87. The zero-order valence-corrected chi connectivity index (χ0v) is 7.71. The summed E-state index contributed by atoms with van der Waals surface area (Å²) in [5.41, 5.74) is 0. The average molecular weight is 212 g/mol. The lowest BCUT2D eigenvalue weighted by molar-refractivity contribution is -0.778. The fraction of sp³-hybridized carbons (Fsp3) is 1.00. The summed E-state index contributed by atoms with van der Waals surface area (Å²) in [4.78, 5) is 27.9. The van der Waals surface area contributed by atoms with Crippen molar-refractivity contribution in [1.29, 1.82) is 0 Å². The number of nitrogens with zero attached hydrogens (tertiary/aromatic N) is 2.